The van der Waals surface area contributed by atoms with Gasteiger partial charge in [-0.05, 0) is 37.9 Å². The summed E-state index contributed by atoms with van der Waals surface area (Å²) in [4.78, 5) is 2.54. The summed E-state index contributed by atoms with van der Waals surface area (Å²) in [5.41, 5.74) is 2.46. The van der Waals surface area contributed by atoms with E-state index >= 15 is 0 Å². The fraction of sp³-hybridized carbons (Fsp3) is 0.533. The Morgan fingerprint density at radius 1 is 1.22 bits per heavy atom. The molecule has 1 aliphatic heterocycles. The number of likely N-dealkylation sites (tertiary alicyclic amines) is 1. The lowest BCUT2D eigenvalue weighted by Crippen LogP contribution is -2.32. The lowest BCUT2D eigenvalue weighted by molar-refractivity contribution is 0.183. The van der Waals surface area contributed by atoms with Crippen molar-refractivity contribution in [3.63, 3.8) is 0 Å². The SMILES string of the molecule is CC1CCN(Cc2nn(C)c3ccccc23)CC1. The van der Waals surface area contributed by atoms with Crippen molar-refractivity contribution in [3.8, 4) is 0 Å². The summed E-state index contributed by atoms with van der Waals surface area (Å²) >= 11 is 0. The zero-order valence-electron chi connectivity index (χ0n) is 11.3. The van der Waals surface area contributed by atoms with Crippen LogP contribution in [0.25, 0.3) is 10.9 Å². The molecule has 0 unspecified atom stereocenters. The van der Waals surface area contributed by atoms with Crippen molar-refractivity contribution < 1.29 is 0 Å². The van der Waals surface area contributed by atoms with E-state index in [2.05, 4.69) is 41.2 Å². The molecule has 0 atom stereocenters. The largest absolute Gasteiger partial charge is 0.297 e. The normalized spacial score (nSPS) is 18.6. The zero-order chi connectivity index (χ0) is 12.5. The monoisotopic (exact) mass is 243 g/mol. The van der Waals surface area contributed by atoms with Gasteiger partial charge >= 0.3 is 0 Å². The number of aryl methyl sites for hydroxylation is 1. The molecule has 0 spiro atoms. The zero-order valence-corrected chi connectivity index (χ0v) is 11.3. The predicted octanol–water partition coefficient (Wildman–Crippen LogP) is 2.81. The molecule has 3 nitrogen and oxygen atoms in total. The fourth-order valence-electron chi connectivity index (χ4n) is 2.84. The molecule has 1 saturated heterocycles. The Hall–Kier alpha value is -1.35. The highest BCUT2D eigenvalue weighted by atomic mass is 15.3. The average molecular weight is 243 g/mol. The third-order valence-electron chi connectivity index (χ3n) is 4.08. The Labute approximate surface area is 108 Å². The van der Waals surface area contributed by atoms with E-state index in [4.69, 9.17) is 0 Å². The van der Waals surface area contributed by atoms with Gasteiger partial charge in [-0.1, -0.05) is 25.1 Å². The van der Waals surface area contributed by atoms with Gasteiger partial charge in [0.25, 0.3) is 0 Å². The molecule has 0 N–H and O–H groups in total. The minimum Gasteiger partial charge on any atom is -0.297 e. The van der Waals surface area contributed by atoms with Gasteiger partial charge in [-0.25, -0.2) is 0 Å². The molecule has 2 heterocycles. The van der Waals surface area contributed by atoms with Gasteiger partial charge in [0.2, 0.25) is 0 Å². The Morgan fingerprint density at radius 3 is 2.72 bits per heavy atom. The molecule has 2 aromatic rings. The number of piperidine rings is 1. The lowest BCUT2D eigenvalue weighted by Gasteiger charge is -2.29. The third kappa shape index (κ3) is 2.15. The predicted molar refractivity (Wildman–Crippen MR) is 74.4 cm³/mol. The van der Waals surface area contributed by atoms with Crippen LogP contribution in [0.15, 0.2) is 24.3 Å². The average Bonchev–Trinajstić information content (AvgIpc) is 2.70. The molecule has 18 heavy (non-hydrogen) atoms. The summed E-state index contributed by atoms with van der Waals surface area (Å²) in [5.74, 6) is 0.890. The van der Waals surface area contributed by atoms with Crippen molar-refractivity contribution in [1.29, 1.82) is 0 Å². The van der Waals surface area contributed by atoms with Gasteiger partial charge in [0, 0.05) is 19.0 Å². The van der Waals surface area contributed by atoms with Crippen LogP contribution < -0.4 is 0 Å². The highest BCUT2D eigenvalue weighted by Crippen LogP contribution is 2.22. The number of hydrogen-bond donors (Lipinski definition) is 0. The summed E-state index contributed by atoms with van der Waals surface area (Å²) in [7, 11) is 2.03. The Kier molecular flexibility index (Phi) is 3.08. The minimum atomic E-state index is 0.890. The molecule has 1 aromatic carbocycles. The first-order valence-electron chi connectivity index (χ1n) is 6.87. The van der Waals surface area contributed by atoms with E-state index in [1.54, 1.807) is 0 Å². The molecule has 1 aromatic heterocycles. The van der Waals surface area contributed by atoms with Crippen molar-refractivity contribution in [2.75, 3.05) is 13.1 Å². The van der Waals surface area contributed by atoms with Gasteiger partial charge < -0.3 is 0 Å². The Balaban J connectivity index is 1.82. The molecule has 0 aliphatic carbocycles. The van der Waals surface area contributed by atoms with Gasteiger partial charge in [-0.3, -0.25) is 9.58 Å². The van der Waals surface area contributed by atoms with Gasteiger partial charge in [0.05, 0.1) is 11.2 Å². The quantitative estimate of drug-likeness (QED) is 0.808. The van der Waals surface area contributed by atoms with Crippen molar-refractivity contribution in [2.24, 2.45) is 13.0 Å². The van der Waals surface area contributed by atoms with E-state index in [1.807, 2.05) is 11.7 Å². The molecule has 1 fully saturated rings. The van der Waals surface area contributed by atoms with Gasteiger partial charge in [0.15, 0.2) is 0 Å². The summed E-state index contributed by atoms with van der Waals surface area (Å²) < 4.78 is 2.00. The fourth-order valence-corrected chi connectivity index (χ4v) is 2.84. The van der Waals surface area contributed by atoms with Crippen molar-refractivity contribution in [2.45, 2.75) is 26.3 Å². The van der Waals surface area contributed by atoms with Crippen LogP contribution in [0.4, 0.5) is 0 Å². The van der Waals surface area contributed by atoms with Crippen molar-refractivity contribution in [1.82, 2.24) is 14.7 Å². The highest BCUT2D eigenvalue weighted by molar-refractivity contribution is 5.81. The number of nitrogens with zero attached hydrogens (tertiary/aromatic N) is 3. The second-order valence-corrected chi connectivity index (χ2v) is 5.55. The van der Waals surface area contributed by atoms with Gasteiger partial charge in [0.1, 0.15) is 0 Å². The second kappa shape index (κ2) is 4.73. The number of para-hydroxylation sites is 1. The van der Waals surface area contributed by atoms with Crippen molar-refractivity contribution >= 4 is 10.9 Å². The van der Waals surface area contributed by atoms with Crippen LogP contribution in [0.5, 0.6) is 0 Å². The number of fused-ring (bicyclic) bond motifs is 1. The maximum Gasteiger partial charge on any atom is 0.0843 e. The second-order valence-electron chi connectivity index (χ2n) is 5.55. The lowest BCUT2D eigenvalue weighted by atomic mass is 9.99. The molecule has 0 amide bonds. The molecule has 0 bridgehead atoms. The van der Waals surface area contributed by atoms with Gasteiger partial charge in [-0.2, -0.15) is 5.10 Å². The first-order valence-corrected chi connectivity index (χ1v) is 6.87. The molecule has 96 valence electrons. The summed E-state index contributed by atoms with van der Waals surface area (Å²) in [5, 5.41) is 5.98. The third-order valence-corrected chi connectivity index (χ3v) is 4.08. The molecule has 0 saturated carbocycles. The van der Waals surface area contributed by atoms with Crippen molar-refractivity contribution in [3.05, 3.63) is 30.0 Å². The molecule has 3 heteroatoms. The van der Waals surface area contributed by atoms with E-state index < -0.39 is 0 Å². The molecule has 3 rings (SSSR count). The summed E-state index contributed by atoms with van der Waals surface area (Å²) in [6.45, 7) is 5.78. The maximum absolute atomic E-state index is 4.68. The number of rotatable bonds is 2. The standard InChI is InChI=1S/C15H21N3/c1-12-7-9-18(10-8-12)11-14-13-5-3-4-6-15(13)17(2)16-14/h3-6,12H,7-11H2,1-2H3. The van der Waals surface area contributed by atoms with Gasteiger partial charge in [-0.15, -0.1) is 0 Å². The number of hydrogen-bond acceptors (Lipinski definition) is 2. The number of aromatic nitrogens is 2. The first kappa shape index (κ1) is 11.7. The Bertz CT molecular complexity index is 536. The van der Waals surface area contributed by atoms with E-state index in [1.165, 1.54) is 42.5 Å². The Morgan fingerprint density at radius 2 is 1.94 bits per heavy atom. The van der Waals surface area contributed by atoms with E-state index in [0.29, 0.717) is 0 Å². The molecular formula is C15H21N3. The van der Waals surface area contributed by atoms with Crippen LogP contribution in [0.2, 0.25) is 0 Å². The maximum atomic E-state index is 4.68. The van der Waals surface area contributed by atoms with Crippen LogP contribution >= 0.6 is 0 Å². The number of benzene rings is 1. The van der Waals surface area contributed by atoms with Crippen LogP contribution in [-0.4, -0.2) is 27.8 Å². The molecular weight excluding hydrogens is 222 g/mol. The van der Waals surface area contributed by atoms with Crippen LogP contribution in [0.3, 0.4) is 0 Å². The first-order chi connectivity index (χ1) is 8.74. The summed E-state index contributed by atoms with van der Waals surface area (Å²) in [6.07, 6.45) is 2.65. The smallest absolute Gasteiger partial charge is 0.0843 e. The van der Waals surface area contributed by atoms with E-state index in [0.717, 1.165) is 12.5 Å². The van der Waals surface area contributed by atoms with E-state index in [9.17, 15) is 0 Å². The summed E-state index contributed by atoms with van der Waals surface area (Å²) in [6, 6.07) is 8.51. The molecule has 0 radical (unpaired) electrons. The molecule has 1 aliphatic rings. The van der Waals surface area contributed by atoms with Crippen LogP contribution in [0.1, 0.15) is 25.5 Å². The van der Waals surface area contributed by atoms with Crippen LogP contribution in [-0.2, 0) is 13.6 Å². The topological polar surface area (TPSA) is 21.1 Å². The highest BCUT2D eigenvalue weighted by Gasteiger charge is 2.18. The van der Waals surface area contributed by atoms with Crippen LogP contribution in [0, 0.1) is 5.92 Å². The minimum absolute atomic E-state index is 0.890. The van der Waals surface area contributed by atoms with E-state index in [-0.39, 0.29) is 0 Å².